The number of hydrogen-bond acceptors (Lipinski definition) is 6. The largest absolute Gasteiger partial charge is 0.354 e. The van der Waals surface area contributed by atoms with Gasteiger partial charge in [-0.2, -0.15) is 9.57 Å². The number of pyridine rings is 1. The molecule has 0 spiro atoms. The first-order valence-corrected chi connectivity index (χ1v) is 11.9. The van der Waals surface area contributed by atoms with Crippen LogP contribution in [0.1, 0.15) is 36.2 Å². The van der Waals surface area contributed by atoms with E-state index in [-0.39, 0.29) is 10.8 Å². The molecule has 2 heterocycles. The Bertz CT molecular complexity index is 1080. The lowest BCUT2D eigenvalue weighted by molar-refractivity contribution is 0.0766. The summed E-state index contributed by atoms with van der Waals surface area (Å²) < 4.78 is 27.0. The molecule has 3 rings (SSSR count). The minimum atomic E-state index is -3.63. The van der Waals surface area contributed by atoms with Crippen LogP contribution in [-0.4, -0.2) is 67.8 Å². The van der Waals surface area contributed by atoms with Crippen molar-refractivity contribution in [2.75, 3.05) is 44.2 Å². The van der Waals surface area contributed by atoms with Crippen LogP contribution in [0.3, 0.4) is 0 Å². The van der Waals surface area contributed by atoms with E-state index in [9.17, 15) is 18.5 Å². The summed E-state index contributed by atoms with van der Waals surface area (Å²) in [6.07, 6.45) is 2.39. The van der Waals surface area contributed by atoms with Crippen molar-refractivity contribution in [3.63, 3.8) is 0 Å². The summed E-state index contributed by atoms with van der Waals surface area (Å²) in [6, 6.07) is 11.9. The number of benzene rings is 1. The predicted octanol–water partition coefficient (Wildman–Crippen LogP) is 2.34. The maximum Gasteiger partial charge on any atom is 0.253 e. The summed E-state index contributed by atoms with van der Waals surface area (Å²) >= 11 is 0. The molecule has 164 valence electrons. The van der Waals surface area contributed by atoms with E-state index < -0.39 is 10.0 Å². The second-order valence-electron chi connectivity index (χ2n) is 7.24. The number of anilines is 1. The Morgan fingerprint density at radius 1 is 1.13 bits per heavy atom. The number of sulfonamides is 1. The van der Waals surface area contributed by atoms with Gasteiger partial charge in [0.15, 0.2) is 0 Å². The standard InChI is InChI=1S/C22H27N5O3S/c1-3-27(4-2)31(29,30)20-10-5-8-18(16-20)22(28)26-13-7-12-25(14-15-26)21-19(17-23)9-6-11-24-21/h5-6,8-11,16H,3-4,7,12-15H2,1-2H3. The van der Waals surface area contributed by atoms with Crippen LogP contribution < -0.4 is 4.90 Å². The summed E-state index contributed by atoms with van der Waals surface area (Å²) in [4.78, 5) is 21.4. The molecule has 0 N–H and O–H groups in total. The zero-order chi connectivity index (χ0) is 22.4. The van der Waals surface area contributed by atoms with Crippen LogP contribution in [0.2, 0.25) is 0 Å². The first kappa shape index (κ1) is 22.7. The highest BCUT2D eigenvalue weighted by Gasteiger charge is 2.25. The van der Waals surface area contributed by atoms with Gasteiger partial charge in [0.05, 0.1) is 10.5 Å². The van der Waals surface area contributed by atoms with Crippen molar-refractivity contribution in [2.24, 2.45) is 0 Å². The van der Waals surface area contributed by atoms with Crippen molar-refractivity contribution in [2.45, 2.75) is 25.2 Å². The maximum absolute atomic E-state index is 13.1. The molecule has 0 radical (unpaired) electrons. The summed E-state index contributed by atoms with van der Waals surface area (Å²) in [5.41, 5.74) is 0.869. The van der Waals surface area contributed by atoms with Crippen LogP contribution in [-0.2, 0) is 10.0 Å². The molecule has 1 amide bonds. The van der Waals surface area contributed by atoms with E-state index in [0.29, 0.717) is 56.2 Å². The lowest BCUT2D eigenvalue weighted by Crippen LogP contribution is -2.36. The van der Waals surface area contributed by atoms with Crippen molar-refractivity contribution in [3.05, 3.63) is 53.7 Å². The van der Waals surface area contributed by atoms with Crippen molar-refractivity contribution in [3.8, 4) is 6.07 Å². The molecular formula is C22H27N5O3S. The van der Waals surface area contributed by atoms with Gasteiger partial charge in [0.25, 0.3) is 5.91 Å². The van der Waals surface area contributed by atoms with Crippen molar-refractivity contribution in [1.29, 1.82) is 5.26 Å². The molecule has 31 heavy (non-hydrogen) atoms. The Kier molecular flexibility index (Phi) is 7.25. The monoisotopic (exact) mass is 441 g/mol. The Morgan fingerprint density at radius 2 is 1.90 bits per heavy atom. The van der Waals surface area contributed by atoms with Crippen LogP contribution >= 0.6 is 0 Å². The number of aromatic nitrogens is 1. The molecule has 2 aromatic rings. The van der Waals surface area contributed by atoms with Gasteiger partial charge >= 0.3 is 0 Å². The van der Waals surface area contributed by atoms with E-state index in [4.69, 9.17) is 0 Å². The molecule has 9 heteroatoms. The van der Waals surface area contributed by atoms with Gasteiger partial charge in [0, 0.05) is 51.0 Å². The van der Waals surface area contributed by atoms with Crippen molar-refractivity contribution >= 4 is 21.7 Å². The molecule has 1 aliphatic rings. The van der Waals surface area contributed by atoms with Crippen LogP contribution in [0.15, 0.2) is 47.5 Å². The fraction of sp³-hybridized carbons (Fsp3) is 0.409. The number of amides is 1. The summed E-state index contributed by atoms with van der Waals surface area (Å²) in [5, 5.41) is 9.34. The molecule has 0 saturated carbocycles. The van der Waals surface area contributed by atoms with E-state index in [0.717, 1.165) is 6.42 Å². The maximum atomic E-state index is 13.1. The number of nitrogens with zero attached hydrogens (tertiary/aromatic N) is 5. The number of hydrogen-bond donors (Lipinski definition) is 0. The highest BCUT2D eigenvalue weighted by atomic mass is 32.2. The van der Waals surface area contributed by atoms with Crippen molar-refractivity contribution in [1.82, 2.24) is 14.2 Å². The van der Waals surface area contributed by atoms with Crippen LogP contribution in [0.4, 0.5) is 5.82 Å². The fourth-order valence-corrected chi connectivity index (χ4v) is 5.26. The molecule has 1 aromatic carbocycles. The average molecular weight is 442 g/mol. The number of nitriles is 1. The summed E-state index contributed by atoms with van der Waals surface area (Å²) in [5.74, 6) is 0.437. The number of carbonyl (C=O) groups is 1. The zero-order valence-corrected chi connectivity index (χ0v) is 18.7. The quantitative estimate of drug-likeness (QED) is 0.682. The first-order valence-electron chi connectivity index (χ1n) is 10.4. The highest BCUT2D eigenvalue weighted by Crippen LogP contribution is 2.21. The van der Waals surface area contributed by atoms with Gasteiger partial charge in [-0.3, -0.25) is 4.79 Å². The molecule has 0 atom stereocenters. The average Bonchev–Trinajstić information content (AvgIpc) is 3.05. The third-order valence-corrected chi connectivity index (χ3v) is 7.46. The molecular weight excluding hydrogens is 414 g/mol. The van der Waals surface area contributed by atoms with E-state index in [2.05, 4.69) is 11.1 Å². The zero-order valence-electron chi connectivity index (χ0n) is 17.9. The predicted molar refractivity (Wildman–Crippen MR) is 118 cm³/mol. The summed E-state index contributed by atoms with van der Waals surface area (Å²) in [7, 11) is -3.63. The highest BCUT2D eigenvalue weighted by molar-refractivity contribution is 7.89. The van der Waals surface area contributed by atoms with E-state index in [1.54, 1.807) is 49.2 Å². The molecule has 1 aromatic heterocycles. The molecule has 1 saturated heterocycles. The number of rotatable bonds is 6. The van der Waals surface area contributed by atoms with E-state index >= 15 is 0 Å². The normalized spacial score (nSPS) is 14.9. The molecule has 1 aliphatic heterocycles. The van der Waals surface area contributed by atoms with Crippen LogP contribution in [0.25, 0.3) is 0 Å². The van der Waals surface area contributed by atoms with Gasteiger partial charge < -0.3 is 9.80 Å². The molecule has 0 unspecified atom stereocenters. The van der Waals surface area contributed by atoms with Crippen LogP contribution in [0.5, 0.6) is 0 Å². The second kappa shape index (κ2) is 9.90. The van der Waals surface area contributed by atoms with Gasteiger partial charge in [0.1, 0.15) is 11.9 Å². The second-order valence-corrected chi connectivity index (χ2v) is 9.17. The molecule has 8 nitrogen and oxygen atoms in total. The SMILES string of the molecule is CCN(CC)S(=O)(=O)c1cccc(C(=O)N2CCCN(c3ncccc3C#N)CC2)c1. The first-order chi connectivity index (χ1) is 14.9. The Hall–Kier alpha value is -2.96. The third-order valence-electron chi connectivity index (χ3n) is 5.41. The van der Waals surface area contributed by atoms with E-state index in [1.165, 1.54) is 16.4 Å². The Labute approximate surface area is 183 Å². The third kappa shape index (κ3) is 4.86. The van der Waals surface area contributed by atoms with Gasteiger partial charge in [-0.25, -0.2) is 13.4 Å². The Balaban J connectivity index is 1.78. The minimum absolute atomic E-state index is 0.130. The van der Waals surface area contributed by atoms with Crippen molar-refractivity contribution < 1.29 is 13.2 Å². The van der Waals surface area contributed by atoms with E-state index in [1.807, 2.05) is 4.90 Å². The number of carbonyl (C=O) groups excluding carboxylic acids is 1. The molecule has 0 bridgehead atoms. The lowest BCUT2D eigenvalue weighted by atomic mass is 10.2. The van der Waals surface area contributed by atoms with Gasteiger partial charge in [-0.1, -0.05) is 19.9 Å². The summed E-state index contributed by atoms with van der Waals surface area (Å²) in [6.45, 7) is 6.58. The van der Waals surface area contributed by atoms with Gasteiger partial charge in [0.2, 0.25) is 10.0 Å². The lowest BCUT2D eigenvalue weighted by Gasteiger charge is -2.24. The minimum Gasteiger partial charge on any atom is -0.354 e. The topological polar surface area (TPSA) is 97.6 Å². The Morgan fingerprint density at radius 3 is 2.61 bits per heavy atom. The molecule has 1 fully saturated rings. The van der Waals surface area contributed by atoms with Gasteiger partial charge in [-0.05, 0) is 36.8 Å². The smallest absolute Gasteiger partial charge is 0.253 e. The van der Waals surface area contributed by atoms with Gasteiger partial charge in [-0.15, -0.1) is 0 Å². The fourth-order valence-electron chi connectivity index (χ4n) is 3.75. The van der Waals surface area contributed by atoms with Crippen LogP contribution in [0, 0.1) is 11.3 Å². The molecule has 0 aliphatic carbocycles.